The van der Waals surface area contributed by atoms with E-state index < -0.39 is 16.1 Å². The quantitative estimate of drug-likeness (QED) is 0.621. The number of benzene rings is 2. The summed E-state index contributed by atoms with van der Waals surface area (Å²) in [6.45, 7) is 0.933. The van der Waals surface area contributed by atoms with Crippen LogP contribution in [0.4, 0.5) is 16.2 Å². The molecule has 0 aliphatic heterocycles. The molecule has 0 radical (unpaired) electrons. The Morgan fingerprint density at radius 3 is 2.46 bits per heavy atom. The van der Waals surface area contributed by atoms with E-state index in [1.165, 1.54) is 25.5 Å². The number of anilines is 2. The van der Waals surface area contributed by atoms with Gasteiger partial charge in [0.15, 0.2) is 0 Å². The van der Waals surface area contributed by atoms with Gasteiger partial charge >= 0.3 is 6.09 Å². The number of amides is 1. The summed E-state index contributed by atoms with van der Waals surface area (Å²) in [5, 5.41) is 5.85. The van der Waals surface area contributed by atoms with E-state index in [0.29, 0.717) is 18.8 Å². The van der Waals surface area contributed by atoms with Crippen LogP contribution in [-0.2, 0) is 26.0 Å². The lowest BCUT2D eigenvalue weighted by Gasteiger charge is -2.13. The van der Waals surface area contributed by atoms with Gasteiger partial charge in [-0.15, -0.1) is 0 Å². The fourth-order valence-corrected chi connectivity index (χ4v) is 3.28. The van der Waals surface area contributed by atoms with Gasteiger partial charge in [-0.05, 0) is 35.9 Å². The molecule has 8 nitrogen and oxygen atoms in total. The molecule has 0 bridgehead atoms. The van der Waals surface area contributed by atoms with Gasteiger partial charge in [0, 0.05) is 39.1 Å². The summed E-state index contributed by atoms with van der Waals surface area (Å²) < 4.78 is 35.5. The number of sulfonamides is 1. The third-order valence-corrected chi connectivity index (χ3v) is 5.61. The largest absolute Gasteiger partial charge is 0.447 e. The van der Waals surface area contributed by atoms with E-state index in [1.807, 2.05) is 12.1 Å². The number of hydrogen-bond donors (Lipinski definition) is 2. The minimum absolute atomic E-state index is 0.173. The highest BCUT2D eigenvalue weighted by atomic mass is 32.2. The molecule has 2 aromatic rings. The minimum Gasteiger partial charge on any atom is -0.447 e. The molecule has 0 saturated heterocycles. The zero-order valence-corrected chi connectivity index (χ0v) is 17.0. The molecule has 2 aromatic carbocycles. The van der Waals surface area contributed by atoms with Gasteiger partial charge in [-0.2, -0.15) is 0 Å². The van der Waals surface area contributed by atoms with E-state index in [1.54, 1.807) is 36.4 Å². The van der Waals surface area contributed by atoms with Crippen molar-refractivity contribution in [1.29, 1.82) is 0 Å². The van der Waals surface area contributed by atoms with Crippen molar-refractivity contribution < 1.29 is 22.7 Å². The van der Waals surface area contributed by atoms with Gasteiger partial charge in [0.25, 0.3) is 0 Å². The van der Waals surface area contributed by atoms with E-state index in [-0.39, 0.29) is 11.5 Å². The number of rotatable bonds is 9. The fourth-order valence-electron chi connectivity index (χ4n) is 2.31. The van der Waals surface area contributed by atoms with Gasteiger partial charge in [0.2, 0.25) is 10.0 Å². The smallest absolute Gasteiger partial charge is 0.411 e. The van der Waals surface area contributed by atoms with Crippen LogP contribution in [0.5, 0.6) is 0 Å². The highest BCUT2D eigenvalue weighted by Crippen LogP contribution is 2.18. The van der Waals surface area contributed by atoms with Crippen LogP contribution in [0.1, 0.15) is 5.56 Å². The fraction of sp³-hybridized carbons (Fsp3) is 0.316. The van der Waals surface area contributed by atoms with E-state index >= 15 is 0 Å². The minimum atomic E-state index is -3.48. The van der Waals surface area contributed by atoms with Gasteiger partial charge in [0.05, 0.1) is 11.5 Å². The van der Waals surface area contributed by atoms with E-state index in [0.717, 1.165) is 11.3 Å². The molecule has 0 atom stereocenters. The molecule has 0 unspecified atom stereocenters. The van der Waals surface area contributed by atoms with Gasteiger partial charge in [-0.25, -0.2) is 17.5 Å². The Morgan fingerprint density at radius 1 is 1.04 bits per heavy atom. The summed E-state index contributed by atoms with van der Waals surface area (Å²) in [5.41, 5.74) is 2.17. The molecule has 0 aromatic heterocycles. The molecule has 0 spiro atoms. The molecular weight excluding hydrogens is 382 g/mol. The third kappa shape index (κ3) is 6.22. The van der Waals surface area contributed by atoms with Gasteiger partial charge < -0.3 is 14.8 Å². The number of hydrogen-bond acceptors (Lipinski definition) is 6. The van der Waals surface area contributed by atoms with Gasteiger partial charge in [-0.3, -0.25) is 5.32 Å². The van der Waals surface area contributed by atoms with Crippen LogP contribution in [0.2, 0.25) is 0 Å². The average molecular weight is 407 g/mol. The Labute approximate surface area is 165 Å². The first-order valence-corrected chi connectivity index (χ1v) is 10.0. The Bertz CT molecular complexity index is 900. The Balaban J connectivity index is 1.99. The van der Waals surface area contributed by atoms with E-state index in [4.69, 9.17) is 9.47 Å². The molecule has 2 N–H and O–H groups in total. The molecule has 0 aliphatic rings. The first-order valence-electron chi connectivity index (χ1n) is 8.61. The van der Waals surface area contributed by atoms with Crippen molar-refractivity contribution in [3.05, 3.63) is 54.1 Å². The van der Waals surface area contributed by atoms with Crippen LogP contribution in [0.25, 0.3) is 0 Å². The lowest BCUT2D eigenvalue weighted by molar-refractivity contribution is 0.107. The molecule has 0 aliphatic carbocycles. The zero-order valence-electron chi connectivity index (χ0n) is 16.1. The molecule has 0 saturated carbocycles. The number of carbonyl (C=O) groups is 1. The first-order chi connectivity index (χ1) is 13.3. The van der Waals surface area contributed by atoms with Crippen molar-refractivity contribution in [2.45, 2.75) is 11.4 Å². The molecule has 28 heavy (non-hydrogen) atoms. The van der Waals surface area contributed by atoms with Crippen molar-refractivity contribution in [3.8, 4) is 0 Å². The molecule has 152 valence electrons. The lowest BCUT2D eigenvalue weighted by Crippen LogP contribution is -2.22. The Hall–Kier alpha value is -2.62. The van der Waals surface area contributed by atoms with Crippen LogP contribution in [0.15, 0.2) is 53.4 Å². The van der Waals surface area contributed by atoms with Crippen molar-refractivity contribution in [2.75, 3.05) is 45.1 Å². The lowest BCUT2D eigenvalue weighted by atomic mass is 10.2. The number of nitrogens with zero attached hydrogens (tertiary/aromatic N) is 1. The third-order valence-electron chi connectivity index (χ3n) is 3.80. The maximum Gasteiger partial charge on any atom is 0.411 e. The zero-order chi connectivity index (χ0) is 20.6. The first kappa shape index (κ1) is 21.7. The van der Waals surface area contributed by atoms with Crippen LogP contribution >= 0.6 is 0 Å². The molecule has 0 fully saturated rings. The summed E-state index contributed by atoms with van der Waals surface area (Å²) >= 11 is 0. The van der Waals surface area contributed by atoms with E-state index in [2.05, 4.69) is 10.6 Å². The summed E-state index contributed by atoms with van der Waals surface area (Å²) in [7, 11) is 1.05. The van der Waals surface area contributed by atoms with Crippen LogP contribution < -0.4 is 10.6 Å². The SMILES string of the molecule is COCCOC(=O)Nc1cccc(NCc2cccc(S(=O)(=O)N(C)C)c2)c1. The summed E-state index contributed by atoms with van der Waals surface area (Å²) in [5.74, 6) is 0. The molecule has 1 amide bonds. The molecule has 9 heteroatoms. The second kappa shape index (κ2) is 10.1. The monoisotopic (exact) mass is 407 g/mol. The standard InChI is InChI=1S/C19H25N3O5S/c1-22(2)28(24,25)18-9-4-6-15(12-18)14-20-16-7-5-8-17(13-16)21-19(23)27-11-10-26-3/h4-9,12-13,20H,10-11,14H2,1-3H3,(H,21,23). The Morgan fingerprint density at radius 2 is 1.75 bits per heavy atom. The molecule has 0 heterocycles. The summed E-state index contributed by atoms with van der Waals surface area (Å²) in [6.07, 6.45) is -0.559. The highest BCUT2D eigenvalue weighted by Gasteiger charge is 2.17. The number of nitrogens with one attached hydrogen (secondary N) is 2. The molecular formula is C19H25N3O5S. The summed E-state index contributed by atoms with van der Waals surface area (Å²) in [6, 6.07) is 13.9. The van der Waals surface area contributed by atoms with Crippen LogP contribution in [0, 0.1) is 0 Å². The molecule has 2 rings (SSSR count). The predicted octanol–water partition coefficient (Wildman–Crippen LogP) is 2.74. The van der Waals surface area contributed by atoms with Crippen molar-refractivity contribution in [1.82, 2.24) is 4.31 Å². The number of carbonyl (C=O) groups excluding carboxylic acids is 1. The topological polar surface area (TPSA) is 97.0 Å². The average Bonchev–Trinajstić information content (AvgIpc) is 2.67. The van der Waals surface area contributed by atoms with Crippen molar-refractivity contribution in [3.63, 3.8) is 0 Å². The van der Waals surface area contributed by atoms with Gasteiger partial charge in [-0.1, -0.05) is 18.2 Å². The van der Waals surface area contributed by atoms with E-state index in [9.17, 15) is 13.2 Å². The number of methoxy groups -OCH3 is 1. The second-order valence-electron chi connectivity index (χ2n) is 6.12. The highest BCUT2D eigenvalue weighted by molar-refractivity contribution is 7.89. The van der Waals surface area contributed by atoms with Crippen molar-refractivity contribution >= 4 is 27.5 Å². The van der Waals surface area contributed by atoms with Crippen LogP contribution in [0.3, 0.4) is 0 Å². The predicted molar refractivity (Wildman–Crippen MR) is 108 cm³/mol. The van der Waals surface area contributed by atoms with Gasteiger partial charge in [0.1, 0.15) is 6.61 Å². The summed E-state index contributed by atoms with van der Waals surface area (Å²) in [4.78, 5) is 11.9. The maximum atomic E-state index is 12.2. The van der Waals surface area contributed by atoms with Crippen LogP contribution in [-0.4, -0.2) is 53.2 Å². The Kier molecular flexibility index (Phi) is 7.80. The second-order valence-corrected chi connectivity index (χ2v) is 8.27. The maximum absolute atomic E-state index is 12.2. The normalized spacial score (nSPS) is 11.3. The number of ether oxygens (including phenoxy) is 2. The van der Waals surface area contributed by atoms with Crippen molar-refractivity contribution in [2.24, 2.45) is 0 Å².